The first kappa shape index (κ1) is 18.5. The van der Waals surface area contributed by atoms with Crippen molar-refractivity contribution in [2.24, 2.45) is 0 Å². The first-order chi connectivity index (χ1) is 12.6. The summed E-state index contributed by atoms with van der Waals surface area (Å²) >= 11 is 1.28. The molecular weight excluding hydrogens is 355 g/mol. The van der Waals surface area contributed by atoms with Gasteiger partial charge in [0, 0.05) is 23.8 Å². The lowest BCUT2D eigenvalue weighted by Gasteiger charge is -2.12. The molecule has 0 unspecified atom stereocenters. The van der Waals surface area contributed by atoms with Crippen molar-refractivity contribution in [3.8, 4) is 11.1 Å². The quantitative estimate of drug-likeness (QED) is 0.760. The lowest BCUT2D eigenvalue weighted by atomic mass is 10.0. The number of likely N-dealkylation sites (tertiary alicyclic amines) is 1. The highest BCUT2D eigenvalue weighted by molar-refractivity contribution is 7.15. The Morgan fingerprint density at radius 2 is 1.92 bits per heavy atom. The summed E-state index contributed by atoms with van der Waals surface area (Å²) in [6.07, 6.45) is 2.29. The van der Waals surface area contributed by atoms with Crippen LogP contribution in [0.25, 0.3) is 11.1 Å². The molecule has 0 spiro atoms. The highest BCUT2D eigenvalue weighted by atomic mass is 32.1. The number of rotatable bonds is 6. The van der Waals surface area contributed by atoms with Crippen molar-refractivity contribution in [1.82, 2.24) is 0 Å². The maximum Gasteiger partial charge on any atom is 0.341 e. The standard InChI is InChI=1S/C19H21FN2O3S/c1-2-25-19(24)17-15(13-5-7-14(20)8-6-13)12-26-18(17)21-16(23)11-22-9-3-4-10-22/h5-8,12H,2-4,9-11H2,1H3,(H,21,23)/p+1. The fourth-order valence-electron chi connectivity index (χ4n) is 3.15. The van der Waals surface area contributed by atoms with Crippen LogP contribution in [-0.4, -0.2) is 38.1 Å². The van der Waals surface area contributed by atoms with E-state index in [1.165, 1.54) is 28.4 Å². The number of ether oxygens (including phenoxy) is 1. The summed E-state index contributed by atoms with van der Waals surface area (Å²) in [4.78, 5) is 26.1. The Hall–Kier alpha value is -2.25. The Morgan fingerprint density at radius 3 is 2.58 bits per heavy atom. The van der Waals surface area contributed by atoms with Crippen LogP contribution in [-0.2, 0) is 9.53 Å². The van der Waals surface area contributed by atoms with E-state index >= 15 is 0 Å². The molecule has 2 heterocycles. The predicted molar refractivity (Wildman–Crippen MR) is 99.1 cm³/mol. The lowest BCUT2D eigenvalue weighted by molar-refractivity contribution is -0.878. The Bertz CT molecular complexity index is 783. The van der Waals surface area contributed by atoms with E-state index in [-0.39, 0.29) is 18.3 Å². The lowest BCUT2D eigenvalue weighted by Crippen LogP contribution is -3.11. The molecule has 0 radical (unpaired) electrons. The smallest absolute Gasteiger partial charge is 0.341 e. The third kappa shape index (κ3) is 4.28. The number of halogens is 1. The monoisotopic (exact) mass is 377 g/mol. The number of hydrogen-bond donors (Lipinski definition) is 2. The van der Waals surface area contributed by atoms with Crippen molar-refractivity contribution in [3.05, 3.63) is 41.0 Å². The van der Waals surface area contributed by atoms with Crippen LogP contribution in [0.5, 0.6) is 0 Å². The molecule has 1 aliphatic rings. The van der Waals surface area contributed by atoms with Gasteiger partial charge in [0.25, 0.3) is 5.91 Å². The molecule has 26 heavy (non-hydrogen) atoms. The minimum absolute atomic E-state index is 0.111. The first-order valence-electron chi connectivity index (χ1n) is 8.76. The average Bonchev–Trinajstić information content (AvgIpc) is 3.25. The Balaban J connectivity index is 1.85. The number of carbonyl (C=O) groups is 2. The number of esters is 1. The SMILES string of the molecule is CCOC(=O)c1c(-c2ccc(F)cc2)csc1NC(=O)C[NH+]1CCCC1. The van der Waals surface area contributed by atoms with Gasteiger partial charge in [-0.1, -0.05) is 12.1 Å². The number of quaternary nitrogens is 1. The van der Waals surface area contributed by atoms with Crippen molar-refractivity contribution in [2.75, 3.05) is 31.6 Å². The summed E-state index contributed by atoms with van der Waals surface area (Å²) in [6, 6.07) is 5.91. The molecule has 0 saturated carbocycles. The maximum atomic E-state index is 13.2. The number of carbonyl (C=O) groups excluding carboxylic acids is 2. The number of anilines is 1. The highest BCUT2D eigenvalue weighted by Gasteiger charge is 2.25. The van der Waals surface area contributed by atoms with Gasteiger partial charge in [0.05, 0.1) is 19.7 Å². The summed E-state index contributed by atoms with van der Waals surface area (Å²) < 4.78 is 18.4. The summed E-state index contributed by atoms with van der Waals surface area (Å²) in [7, 11) is 0. The van der Waals surface area contributed by atoms with Crippen LogP contribution < -0.4 is 10.2 Å². The van der Waals surface area contributed by atoms with Gasteiger partial charge < -0.3 is 15.0 Å². The second kappa shape index (κ2) is 8.42. The molecule has 1 aromatic carbocycles. The van der Waals surface area contributed by atoms with Gasteiger partial charge in [-0.3, -0.25) is 4.79 Å². The van der Waals surface area contributed by atoms with E-state index in [2.05, 4.69) is 5.32 Å². The summed E-state index contributed by atoms with van der Waals surface area (Å²) in [5.74, 6) is -0.944. The van der Waals surface area contributed by atoms with Gasteiger partial charge in [0.15, 0.2) is 6.54 Å². The summed E-state index contributed by atoms with van der Waals surface area (Å²) in [5, 5.41) is 5.13. The molecular formula is C19H22FN2O3S+. The van der Waals surface area contributed by atoms with Crippen LogP contribution >= 0.6 is 11.3 Å². The molecule has 2 N–H and O–H groups in total. The number of hydrogen-bond acceptors (Lipinski definition) is 4. The average molecular weight is 377 g/mol. The molecule has 7 heteroatoms. The third-order valence-electron chi connectivity index (χ3n) is 4.40. The fraction of sp³-hybridized carbons (Fsp3) is 0.368. The largest absolute Gasteiger partial charge is 0.462 e. The van der Waals surface area contributed by atoms with Crippen LogP contribution in [0.4, 0.5) is 9.39 Å². The zero-order chi connectivity index (χ0) is 18.5. The predicted octanol–water partition coefficient (Wildman–Crippen LogP) is 2.35. The molecule has 5 nitrogen and oxygen atoms in total. The molecule has 2 aromatic rings. The van der Waals surface area contributed by atoms with E-state index in [9.17, 15) is 14.0 Å². The van der Waals surface area contributed by atoms with E-state index in [0.29, 0.717) is 28.2 Å². The van der Waals surface area contributed by atoms with E-state index < -0.39 is 5.97 Å². The Morgan fingerprint density at radius 1 is 1.23 bits per heavy atom. The van der Waals surface area contributed by atoms with Gasteiger partial charge in [-0.15, -0.1) is 11.3 Å². The number of amides is 1. The molecule has 0 aliphatic carbocycles. The fourth-order valence-corrected chi connectivity index (χ4v) is 4.12. The molecule has 0 atom stereocenters. The van der Waals surface area contributed by atoms with E-state index in [1.54, 1.807) is 24.4 Å². The maximum absolute atomic E-state index is 13.2. The van der Waals surface area contributed by atoms with Crippen LogP contribution in [0.1, 0.15) is 30.1 Å². The third-order valence-corrected chi connectivity index (χ3v) is 5.30. The van der Waals surface area contributed by atoms with Gasteiger partial charge in [0.2, 0.25) is 0 Å². The molecule has 1 fully saturated rings. The van der Waals surface area contributed by atoms with Crippen LogP contribution in [0, 0.1) is 5.82 Å². The van der Waals surface area contributed by atoms with Gasteiger partial charge >= 0.3 is 5.97 Å². The minimum atomic E-state index is -0.489. The number of thiophene rings is 1. The molecule has 1 aromatic heterocycles. The molecule has 1 aliphatic heterocycles. The normalized spacial score (nSPS) is 14.4. The molecule has 0 bridgehead atoms. The van der Waals surface area contributed by atoms with Crippen molar-refractivity contribution >= 4 is 28.2 Å². The number of benzene rings is 1. The van der Waals surface area contributed by atoms with Crippen molar-refractivity contribution in [3.63, 3.8) is 0 Å². The molecule has 138 valence electrons. The van der Waals surface area contributed by atoms with E-state index in [1.807, 2.05) is 0 Å². The summed E-state index contributed by atoms with van der Waals surface area (Å²) in [6.45, 7) is 4.37. The molecule has 1 saturated heterocycles. The van der Waals surface area contributed by atoms with Crippen LogP contribution in [0.2, 0.25) is 0 Å². The zero-order valence-electron chi connectivity index (χ0n) is 14.6. The second-order valence-electron chi connectivity index (χ2n) is 6.26. The minimum Gasteiger partial charge on any atom is -0.462 e. The molecule has 3 rings (SSSR count). The van der Waals surface area contributed by atoms with Gasteiger partial charge in [0.1, 0.15) is 16.4 Å². The first-order valence-corrected chi connectivity index (χ1v) is 9.64. The Kier molecular flexibility index (Phi) is 6.00. The highest BCUT2D eigenvalue weighted by Crippen LogP contribution is 2.36. The zero-order valence-corrected chi connectivity index (χ0v) is 15.5. The topological polar surface area (TPSA) is 59.8 Å². The van der Waals surface area contributed by atoms with Crippen molar-refractivity contribution in [1.29, 1.82) is 0 Å². The van der Waals surface area contributed by atoms with Crippen molar-refractivity contribution in [2.45, 2.75) is 19.8 Å². The van der Waals surface area contributed by atoms with Gasteiger partial charge in [-0.25, -0.2) is 9.18 Å². The summed E-state index contributed by atoms with van der Waals surface area (Å²) in [5.41, 5.74) is 1.67. The second-order valence-corrected chi connectivity index (χ2v) is 7.14. The van der Waals surface area contributed by atoms with E-state index in [4.69, 9.17) is 4.74 Å². The van der Waals surface area contributed by atoms with Crippen molar-refractivity contribution < 1.29 is 23.6 Å². The van der Waals surface area contributed by atoms with Crippen LogP contribution in [0.3, 0.4) is 0 Å². The van der Waals surface area contributed by atoms with Gasteiger partial charge in [-0.2, -0.15) is 0 Å². The van der Waals surface area contributed by atoms with Gasteiger partial charge in [-0.05, 0) is 24.6 Å². The molecule has 1 amide bonds. The van der Waals surface area contributed by atoms with E-state index in [0.717, 1.165) is 25.9 Å². The van der Waals surface area contributed by atoms with Crippen LogP contribution in [0.15, 0.2) is 29.6 Å². The number of nitrogens with one attached hydrogen (secondary N) is 2. The Labute approximate surface area is 155 Å².